The number of carbonyl (C=O) groups excluding carboxylic acids is 2. The number of nitrogens with one attached hydrogen (secondary N) is 1. The van der Waals surface area contributed by atoms with Crippen molar-refractivity contribution in [1.82, 2.24) is 5.32 Å². The Bertz CT molecular complexity index is 1260. The summed E-state index contributed by atoms with van der Waals surface area (Å²) in [4.78, 5) is 36.7. The van der Waals surface area contributed by atoms with Crippen molar-refractivity contribution in [2.75, 3.05) is 6.61 Å². The summed E-state index contributed by atoms with van der Waals surface area (Å²) in [6.45, 7) is 5.49. The highest BCUT2D eigenvalue weighted by atomic mass is 16.6. The molecule has 1 unspecified atom stereocenters. The van der Waals surface area contributed by atoms with Gasteiger partial charge in [-0.1, -0.05) is 72.8 Å². The van der Waals surface area contributed by atoms with Gasteiger partial charge >= 0.3 is 18.0 Å². The summed E-state index contributed by atoms with van der Waals surface area (Å²) in [5, 5.41) is 12.2. The molecule has 0 spiro atoms. The number of hydrogen-bond donors (Lipinski definition) is 2. The van der Waals surface area contributed by atoms with Crippen LogP contribution in [0.2, 0.25) is 0 Å². The third-order valence-electron chi connectivity index (χ3n) is 6.13. The summed E-state index contributed by atoms with van der Waals surface area (Å²) in [5.41, 5.74) is 5.17. The topological polar surface area (TPSA) is 102 Å². The molecule has 0 aromatic heterocycles. The van der Waals surface area contributed by atoms with E-state index in [1.54, 1.807) is 45.0 Å². The zero-order valence-electron chi connectivity index (χ0n) is 21.2. The molecular weight excluding hydrogens is 470 g/mol. The molecule has 0 aliphatic heterocycles. The van der Waals surface area contributed by atoms with E-state index in [1.165, 1.54) is 0 Å². The maximum Gasteiger partial charge on any atom is 0.407 e. The summed E-state index contributed by atoms with van der Waals surface area (Å²) in [6, 6.07) is 21.8. The van der Waals surface area contributed by atoms with Gasteiger partial charge in [-0.15, -0.1) is 0 Å². The van der Waals surface area contributed by atoms with Crippen LogP contribution in [0.3, 0.4) is 0 Å². The van der Waals surface area contributed by atoms with Crippen molar-refractivity contribution in [2.24, 2.45) is 0 Å². The van der Waals surface area contributed by atoms with Crippen molar-refractivity contribution in [3.05, 3.63) is 95.1 Å². The molecule has 1 amide bonds. The van der Waals surface area contributed by atoms with Crippen molar-refractivity contribution >= 4 is 18.0 Å². The molecule has 2 N–H and O–H groups in total. The van der Waals surface area contributed by atoms with Gasteiger partial charge in [0, 0.05) is 12.3 Å². The van der Waals surface area contributed by atoms with Gasteiger partial charge in [0.2, 0.25) is 0 Å². The SMILES string of the molecule is CC(C)(C)OC(=O)Cc1cccc(CC(NC(=O)OCC2c3ccccc3-c3ccccc32)C(=O)O)c1. The van der Waals surface area contributed by atoms with Crippen LogP contribution in [0.1, 0.15) is 48.9 Å². The lowest BCUT2D eigenvalue weighted by Crippen LogP contribution is -2.42. The van der Waals surface area contributed by atoms with Crippen molar-refractivity contribution in [3.63, 3.8) is 0 Å². The number of ether oxygens (including phenoxy) is 2. The lowest BCUT2D eigenvalue weighted by molar-refractivity contribution is -0.154. The smallest absolute Gasteiger partial charge is 0.407 e. The van der Waals surface area contributed by atoms with E-state index >= 15 is 0 Å². The van der Waals surface area contributed by atoms with Gasteiger partial charge in [-0.2, -0.15) is 0 Å². The first-order valence-corrected chi connectivity index (χ1v) is 12.2. The van der Waals surface area contributed by atoms with Crippen LogP contribution in [-0.2, 0) is 31.9 Å². The standard InChI is InChI=1S/C30H31NO6/c1-30(2,3)37-27(32)17-20-10-8-9-19(15-20)16-26(28(33)34)31-29(35)36-18-25-23-13-6-4-11-21(23)22-12-5-7-14-24(22)25/h4-15,25-26H,16-18H2,1-3H3,(H,31,35)(H,33,34). The molecule has 1 atom stereocenters. The molecule has 0 heterocycles. The van der Waals surface area contributed by atoms with E-state index in [1.807, 2.05) is 48.5 Å². The largest absolute Gasteiger partial charge is 0.480 e. The lowest BCUT2D eigenvalue weighted by Gasteiger charge is -2.19. The molecule has 7 heteroatoms. The summed E-state index contributed by atoms with van der Waals surface area (Å²) < 4.78 is 10.9. The Morgan fingerprint density at radius 2 is 1.49 bits per heavy atom. The molecule has 1 aliphatic rings. The zero-order chi connectivity index (χ0) is 26.6. The summed E-state index contributed by atoms with van der Waals surface area (Å²) in [7, 11) is 0. The number of aliphatic carboxylic acids is 1. The van der Waals surface area contributed by atoms with Crippen LogP contribution < -0.4 is 5.32 Å². The second-order valence-electron chi connectivity index (χ2n) is 10.1. The van der Waals surface area contributed by atoms with Gasteiger partial charge in [0.15, 0.2) is 0 Å². The number of hydrogen-bond acceptors (Lipinski definition) is 5. The van der Waals surface area contributed by atoms with Gasteiger partial charge in [0.05, 0.1) is 6.42 Å². The highest BCUT2D eigenvalue weighted by molar-refractivity contribution is 5.81. The van der Waals surface area contributed by atoms with Crippen LogP contribution in [-0.4, -0.2) is 41.4 Å². The first kappa shape index (κ1) is 25.9. The predicted molar refractivity (Wildman–Crippen MR) is 139 cm³/mol. The molecule has 1 aliphatic carbocycles. The Hall–Kier alpha value is -4.13. The summed E-state index contributed by atoms with van der Waals surface area (Å²) in [5.74, 6) is -1.66. The van der Waals surface area contributed by atoms with Crippen LogP contribution >= 0.6 is 0 Å². The Labute approximate surface area is 216 Å². The molecule has 37 heavy (non-hydrogen) atoms. The first-order chi connectivity index (χ1) is 17.6. The van der Waals surface area contributed by atoms with Gasteiger partial charge < -0.3 is 19.9 Å². The van der Waals surface area contributed by atoms with Crippen molar-refractivity contribution < 1.29 is 29.0 Å². The number of amides is 1. The third-order valence-corrected chi connectivity index (χ3v) is 6.13. The lowest BCUT2D eigenvalue weighted by atomic mass is 9.98. The molecule has 0 radical (unpaired) electrons. The van der Waals surface area contributed by atoms with Crippen LogP contribution in [0.4, 0.5) is 4.79 Å². The number of fused-ring (bicyclic) bond motifs is 3. The van der Waals surface area contributed by atoms with Gasteiger partial charge in [-0.3, -0.25) is 4.79 Å². The van der Waals surface area contributed by atoms with Gasteiger partial charge in [0.1, 0.15) is 18.2 Å². The summed E-state index contributed by atoms with van der Waals surface area (Å²) in [6.07, 6.45) is -0.677. The van der Waals surface area contributed by atoms with E-state index in [9.17, 15) is 19.5 Å². The van der Waals surface area contributed by atoms with Gasteiger partial charge in [-0.05, 0) is 54.2 Å². The molecule has 192 valence electrons. The second-order valence-corrected chi connectivity index (χ2v) is 10.1. The Kier molecular flexibility index (Phi) is 7.62. The molecular formula is C30H31NO6. The second kappa shape index (κ2) is 10.9. The number of rotatable bonds is 8. The number of alkyl carbamates (subject to hydrolysis) is 1. The number of esters is 1. The van der Waals surface area contributed by atoms with Gasteiger partial charge in [0.25, 0.3) is 0 Å². The highest BCUT2D eigenvalue weighted by Gasteiger charge is 2.30. The molecule has 4 rings (SSSR count). The Balaban J connectivity index is 1.38. The van der Waals surface area contributed by atoms with Crippen molar-refractivity contribution in [3.8, 4) is 11.1 Å². The van der Waals surface area contributed by atoms with Gasteiger partial charge in [-0.25, -0.2) is 9.59 Å². The Morgan fingerprint density at radius 3 is 2.08 bits per heavy atom. The van der Waals surface area contributed by atoms with Crippen LogP contribution in [0.5, 0.6) is 0 Å². The number of carboxylic acid groups (broad SMARTS) is 1. The molecule has 3 aromatic rings. The molecule has 3 aromatic carbocycles. The minimum atomic E-state index is -1.19. The van der Waals surface area contributed by atoms with E-state index in [4.69, 9.17) is 9.47 Å². The fraction of sp³-hybridized carbons (Fsp3) is 0.300. The van der Waals surface area contributed by atoms with Crippen molar-refractivity contribution in [2.45, 2.75) is 51.2 Å². The van der Waals surface area contributed by atoms with E-state index in [0.717, 1.165) is 22.3 Å². The quantitative estimate of drug-likeness (QED) is 0.416. The average molecular weight is 502 g/mol. The molecule has 0 fully saturated rings. The number of carboxylic acids is 1. The molecule has 0 saturated heterocycles. The number of carbonyl (C=O) groups is 3. The number of benzene rings is 3. The van der Waals surface area contributed by atoms with Crippen LogP contribution in [0.25, 0.3) is 11.1 Å². The maximum absolute atomic E-state index is 12.6. The van der Waals surface area contributed by atoms with E-state index < -0.39 is 23.7 Å². The van der Waals surface area contributed by atoms with E-state index in [0.29, 0.717) is 11.1 Å². The minimum Gasteiger partial charge on any atom is -0.480 e. The van der Waals surface area contributed by atoms with E-state index in [2.05, 4.69) is 5.32 Å². The minimum absolute atomic E-state index is 0.0433. The van der Waals surface area contributed by atoms with Crippen LogP contribution in [0, 0.1) is 0 Å². The van der Waals surface area contributed by atoms with Crippen LogP contribution in [0.15, 0.2) is 72.8 Å². The summed E-state index contributed by atoms with van der Waals surface area (Å²) >= 11 is 0. The third kappa shape index (κ3) is 6.55. The maximum atomic E-state index is 12.6. The monoisotopic (exact) mass is 501 g/mol. The first-order valence-electron chi connectivity index (χ1n) is 12.2. The van der Waals surface area contributed by atoms with E-state index in [-0.39, 0.29) is 31.3 Å². The molecule has 0 bridgehead atoms. The highest BCUT2D eigenvalue weighted by Crippen LogP contribution is 2.44. The fourth-order valence-corrected chi connectivity index (χ4v) is 4.63. The van der Waals surface area contributed by atoms with Crippen molar-refractivity contribution in [1.29, 1.82) is 0 Å². The molecule has 7 nitrogen and oxygen atoms in total. The molecule has 0 saturated carbocycles. The average Bonchev–Trinajstić information content (AvgIpc) is 3.15. The fourth-order valence-electron chi connectivity index (χ4n) is 4.63. The zero-order valence-corrected chi connectivity index (χ0v) is 21.2. The predicted octanol–water partition coefficient (Wildman–Crippen LogP) is 5.11. The Morgan fingerprint density at radius 1 is 0.892 bits per heavy atom. The normalized spacial score (nSPS) is 13.3.